The molecule has 36 heavy (non-hydrogen) atoms. The molecule has 0 spiro atoms. The number of rotatable bonds is 32. The van der Waals surface area contributed by atoms with Crippen LogP contribution in [0.5, 0.6) is 0 Å². The minimum atomic E-state index is 0.526. The van der Waals surface area contributed by atoms with Crippen molar-refractivity contribution < 1.29 is 4.79 Å². The van der Waals surface area contributed by atoms with Crippen LogP contribution in [-0.2, 0) is 4.79 Å². The van der Waals surface area contributed by atoms with E-state index in [0.717, 1.165) is 25.7 Å². The molecule has 0 radical (unpaired) electrons. The van der Waals surface area contributed by atoms with Gasteiger partial charge in [0.2, 0.25) is 0 Å². The van der Waals surface area contributed by atoms with Gasteiger partial charge in [-0.05, 0) is 12.8 Å². The lowest BCUT2D eigenvalue weighted by Crippen LogP contribution is -1.97. The Morgan fingerprint density at radius 1 is 0.278 bits per heavy atom. The average Bonchev–Trinajstić information content (AvgIpc) is 2.88. The zero-order valence-electron chi connectivity index (χ0n) is 25.5. The Kier molecular flexibility index (Phi) is 32.4. The highest BCUT2D eigenvalue weighted by Gasteiger charge is 2.02. The third-order valence-electron chi connectivity index (χ3n) is 8.12. The number of carbonyl (C=O) groups is 1. The van der Waals surface area contributed by atoms with Gasteiger partial charge in [0.05, 0.1) is 0 Å². The third-order valence-corrected chi connectivity index (χ3v) is 8.12. The highest BCUT2D eigenvalue weighted by atomic mass is 16.1. The molecule has 0 saturated carbocycles. The molecule has 0 N–H and O–H groups in total. The van der Waals surface area contributed by atoms with Gasteiger partial charge in [0.15, 0.2) is 0 Å². The molecule has 0 bridgehead atoms. The van der Waals surface area contributed by atoms with Gasteiger partial charge in [-0.25, -0.2) is 0 Å². The summed E-state index contributed by atoms with van der Waals surface area (Å²) in [4.78, 5) is 12.1. The summed E-state index contributed by atoms with van der Waals surface area (Å²) in [6.07, 6.45) is 43.5. The summed E-state index contributed by atoms with van der Waals surface area (Å²) >= 11 is 0. The van der Waals surface area contributed by atoms with Crippen molar-refractivity contribution in [2.24, 2.45) is 0 Å². The minimum Gasteiger partial charge on any atom is -0.300 e. The summed E-state index contributed by atoms with van der Waals surface area (Å²) in [5.74, 6) is 0.526. The first-order valence-electron chi connectivity index (χ1n) is 17.3. The van der Waals surface area contributed by atoms with E-state index in [4.69, 9.17) is 0 Å². The van der Waals surface area contributed by atoms with E-state index in [1.54, 1.807) is 0 Å². The fourth-order valence-corrected chi connectivity index (χ4v) is 5.51. The van der Waals surface area contributed by atoms with Crippen LogP contribution in [-0.4, -0.2) is 5.78 Å². The summed E-state index contributed by atoms with van der Waals surface area (Å²) in [5.41, 5.74) is 0. The summed E-state index contributed by atoms with van der Waals surface area (Å²) in [6, 6.07) is 0. The topological polar surface area (TPSA) is 17.1 Å². The Balaban J connectivity index is 3.13. The molecule has 0 aromatic carbocycles. The zero-order chi connectivity index (χ0) is 26.2. The van der Waals surface area contributed by atoms with Crippen molar-refractivity contribution in [2.45, 2.75) is 219 Å². The van der Waals surface area contributed by atoms with E-state index in [0.29, 0.717) is 5.78 Å². The van der Waals surface area contributed by atoms with Crippen molar-refractivity contribution >= 4 is 5.78 Å². The SMILES string of the molecule is CCCCCCCCCCCCCCCCCCCCC(=O)CCCCCCCCCCCCCC. The van der Waals surface area contributed by atoms with Crippen molar-refractivity contribution in [3.05, 3.63) is 0 Å². The van der Waals surface area contributed by atoms with Crippen molar-refractivity contribution in [2.75, 3.05) is 0 Å². The van der Waals surface area contributed by atoms with Crippen molar-refractivity contribution in [3.63, 3.8) is 0 Å². The highest BCUT2D eigenvalue weighted by molar-refractivity contribution is 5.78. The van der Waals surface area contributed by atoms with E-state index in [1.807, 2.05) is 0 Å². The summed E-state index contributed by atoms with van der Waals surface area (Å²) in [7, 11) is 0. The normalized spacial score (nSPS) is 11.4. The van der Waals surface area contributed by atoms with Crippen LogP contribution in [0.2, 0.25) is 0 Å². The Bertz CT molecular complexity index is 401. The lowest BCUT2D eigenvalue weighted by atomic mass is 10.0. The maximum Gasteiger partial charge on any atom is 0.132 e. The van der Waals surface area contributed by atoms with E-state index < -0.39 is 0 Å². The van der Waals surface area contributed by atoms with Gasteiger partial charge in [0, 0.05) is 12.8 Å². The number of ketones is 1. The van der Waals surface area contributed by atoms with Crippen LogP contribution >= 0.6 is 0 Å². The molecule has 0 saturated heterocycles. The fraction of sp³-hybridized carbons (Fsp3) is 0.971. The second-order valence-corrected chi connectivity index (χ2v) is 11.9. The summed E-state index contributed by atoms with van der Waals surface area (Å²) in [6.45, 7) is 4.58. The molecule has 216 valence electrons. The van der Waals surface area contributed by atoms with Crippen LogP contribution in [0.3, 0.4) is 0 Å². The fourth-order valence-electron chi connectivity index (χ4n) is 5.51. The molecule has 0 amide bonds. The van der Waals surface area contributed by atoms with Crippen LogP contribution in [0.25, 0.3) is 0 Å². The molecule has 0 fully saturated rings. The van der Waals surface area contributed by atoms with Gasteiger partial charge < -0.3 is 0 Å². The molecule has 0 aliphatic carbocycles. The largest absolute Gasteiger partial charge is 0.300 e. The smallest absolute Gasteiger partial charge is 0.132 e. The van der Waals surface area contributed by atoms with Crippen molar-refractivity contribution in [3.8, 4) is 0 Å². The highest BCUT2D eigenvalue weighted by Crippen LogP contribution is 2.16. The third kappa shape index (κ3) is 31.7. The van der Waals surface area contributed by atoms with E-state index in [2.05, 4.69) is 13.8 Å². The Morgan fingerprint density at radius 3 is 0.639 bits per heavy atom. The van der Waals surface area contributed by atoms with E-state index >= 15 is 0 Å². The molecule has 0 aromatic heterocycles. The molecule has 0 atom stereocenters. The van der Waals surface area contributed by atoms with Crippen LogP contribution in [0.1, 0.15) is 219 Å². The molecule has 1 nitrogen and oxygen atoms in total. The molecule has 0 unspecified atom stereocenters. The Labute approximate surface area is 229 Å². The standard InChI is InChI=1S/C35H70O/c1-3-5-7-9-11-13-15-17-18-19-20-21-22-24-26-28-30-32-34-35(36)33-31-29-27-25-23-16-14-12-10-8-6-4-2/h3-34H2,1-2H3. The molecule has 0 aliphatic heterocycles. The second kappa shape index (κ2) is 32.7. The Morgan fingerprint density at radius 2 is 0.444 bits per heavy atom. The number of unbranched alkanes of at least 4 members (excludes halogenated alkanes) is 28. The van der Waals surface area contributed by atoms with Gasteiger partial charge in [-0.1, -0.05) is 194 Å². The molecular formula is C35H70O. The minimum absolute atomic E-state index is 0.526. The molecule has 0 rings (SSSR count). The number of hydrogen-bond donors (Lipinski definition) is 0. The van der Waals surface area contributed by atoms with Crippen LogP contribution in [0, 0.1) is 0 Å². The Hall–Kier alpha value is -0.330. The van der Waals surface area contributed by atoms with Crippen LogP contribution in [0.15, 0.2) is 0 Å². The first-order valence-corrected chi connectivity index (χ1v) is 17.3. The first-order chi connectivity index (χ1) is 17.8. The van der Waals surface area contributed by atoms with Gasteiger partial charge >= 0.3 is 0 Å². The summed E-state index contributed by atoms with van der Waals surface area (Å²) in [5, 5.41) is 0. The number of hydrogen-bond acceptors (Lipinski definition) is 1. The van der Waals surface area contributed by atoms with Gasteiger partial charge in [0.1, 0.15) is 5.78 Å². The van der Waals surface area contributed by atoms with Crippen molar-refractivity contribution in [1.82, 2.24) is 0 Å². The summed E-state index contributed by atoms with van der Waals surface area (Å²) < 4.78 is 0. The average molecular weight is 507 g/mol. The quantitative estimate of drug-likeness (QED) is 0.0829. The van der Waals surface area contributed by atoms with Gasteiger partial charge in [-0.3, -0.25) is 4.79 Å². The molecule has 0 heterocycles. The maximum absolute atomic E-state index is 12.1. The predicted octanol–water partition coefficient (Wildman–Crippen LogP) is 13.1. The second-order valence-electron chi connectivity index (χ2n) is 11.9. The monoisotopic (exact) mass is 507 g/mol. The van der Waals surface area contributed by atoms with E-state index in [9.17, 15) is 4.79 Å². The maximum atomic E-state index is 12.1. The predicted molar refractivity (Wildman–Crippen MR) is 164 cm³/mol. The van der Waals surface area contributed by atoms with Gasteiger partial charge in [-0.2, -0.15) is 0 Å². The van der Waals surface area contributed by atoms with Crippen molar-refractivity contribution in [1.29, 1.82) is 0 Å². The van der Waals surface area contributed by atoms with Crippen LogP contribution < -0.4 is 0 Å². The van der Waals surface area contributed by atoms with E-state index in [-0.39, 0.29) is 0 Å². The molecule has 0 aromatic rings. The lowest BCUT2D eigenvalue weighted by molar-refractivity contribution is -0.119. The molecular weight excluding hydrogens is 436 g/mol. The zero-order valence-corrected chi connectivity index (χ0v) is 25.5. The van der Waals surface area contributed by atoms with Crippen LogP contribution in [0.4, 0.5) is 0 Å². The number of carbonyl (C=O) groups excluding carboxylic acids is 1. The van der Waals surface area contributed by atoms with Gasteiger partial charge in [0.25, 0.3) is 0 Å². The number of Topliss-reactive ketones (excluding diaryl/α,β-unsaturated/α-hetero) is 1. The van der Waals surface area contributed by atoms with Gasteiger partial charge in [-0.15, -0.1) is 0 Å². The molecule has 0 aliphatic rings. The molecule has 1 heteroatoms. The van der Waals surface area contributed by atoms with E-state index in [1.165, 1.54) is 180 Å². The first kappa shape index (κ1) is 35.7. The lowest BCUT2D eigenvalue weighted by Gasteiger charge is -2.04.